The second kappa shape index (κ2) is 3.87. The van der Waals surface area contributed by atoms with E-state index < -0.39 is 0 Å². The highest BCUT2D eigenvalue weighted by Crippen LogP contribution is 2.52. The van der Waals surface area contributed by atoms with E-state index in [0.29, 0.717) is 0 Å². The van der Waals surface area contributed by atoms with Crippen LogP contribution >= 0.6 is 0 Å². The molecule has 0 spiro atoms. The van der Waals surface area contributed by atoms with Gasteiger partial charge in [-0.15, -0.1) is 0 Å². The Kier molecular flexibility index (Phi) is 2.44. The molecular weight excluding hydrogens is 224 g/mol. The molecule has 1 aromatic carbocycles. The molecule has 0 amide bonds. The largest absolute Gasteiger partial charge is 0.399 e. The number of aromatic nitrogens is 1. The summed E-state index contributed by atoms with van der Waals surface area (Å²) < 4.78 is 5.13. The third-order valence-electron chi connectivity index (χ3n) is 4.03. The fourth-order valence-corrected chi connectivity index (χ4v) is 3.28. The molecule has 1 heterocycles. The summed E-state index contributed by atoms with van der Waals surface area (Å²) in [5.41, 5.74) is 10.2. The van der Waals surface area contributed by atoms with Crippen LogP contribution in [0.15, 0.2) is 35.1 Å². The maximum atomic E-state index is 5.92. The van der Waals surface area contributed by atoms with Gasteiger partial charge in [-0.3, -0.25) is 0 Å². The minimum atomic E-state index is 0.00583. The minimum absolute atomic E-state index is 0.00583. The van der Waals surface area contributed by atoms with Crippen LogP contribution in [-0.4, -0.2) is 5.16 Å². The molecule has 18 heavy (non-hydrogen) atoms. The first-order valence-corrected chi connectivity index (χ1v) is 6.39. The lowest BCUT2D eigenvalue weighted by atomic mass is 9.57. The first-order chi connectivity index (χ1) is 8.62. The number of benzene rings is 1. The molecular formula is C15H18N2O. The van der Waals surface area contributed by atoms with Crippen molar-refractivity contribution in [2.75, 3.05) is 5.73 Å². The molecule has 0 bridgehead atoms. The van der Waals surface area contributed by atoms with Crippen LogP contribution in [-0.2, 0) is 5.41 Å². The van der Waals surface area contributed by atoms with Crippen LogP contribution in [0.2, 0.25) is 0 Å². The van der Waals surface area contributed by atoms with Crippen molar-refractivity contribution in [1.82, 2.24) is 5.16 Å². The van der Waals surface area contributed by atoms with Crippen LogP contribution in [0, 0.1) is 12.8 Å². The maximum Gasteiger partial charge on any atom is 0.127 e. The summed E-state index contributed by atoms with van der Waals surface area (Å²) in [5, 5.41) is 4.23. The zero-order chi connectivity index (χ0) is 12.8. The van der Waals surface area contributed by atoms with E-state index in [2.05, 4.69) is 31.1 Å². The van der Waals surface area contributed by atoms with E-state index in [0.717, 1.165) is 35.7 Å². The van der Waals surface area contributed by atoms with Crippen LogP contribution in [0.25, 0.3) is 0 Å². The molecule has 2 N–H and O–H groups in total. The lowest BCUT2D eigenvalue weighted by Gasteiger charge is -2.46. The second-order valence-corrected chi connectivity index (χ2v) is 5.57. The van der Waals surface area contributed by atoms with Crippen molar-refractivity contribution in [3.8, 4) is 0 Å². The minimum Gasteiger partial charge on any atom is -0.399 e. The molecule has 1 saturated carbocycles. The van der Waals surface area contributed by atoms with Gasteiger partial charge in [0.15, 0.2) is 0 Å². The van der Waals surface area contributed by atoms with E-state index in [1.54, 1.807) is 6.26 Å². The quantitative estimate of drug-likeness (QED) is 0.822. The standard InChI is InChI=1S/C15H18N2O/c1-10-7-15(8-10,14-11(2)9-18-17-14)12-4-3-5-13(16)6-12/h3-6,9-10H,7-8,16H2,1-2H3. The van der Waals surface area contributed by atoms with Crippen molar-refractivity contribution >= 4 is 5.69 Å². The predicted octanol–water partition coefficient (Wildman–Crippen LogP) is 3.28. The van der Waals surface area contributed by atoms with Crippen molar-refractivity contribution in [1.29, 1.82) is 0 Å². The Morgan fingerprint density at radius 2 is 2.17 bits per heavy atom. The van der Waals surface area contributed by atoms with E-state index in [-0.39, 0.29) is 5.41 Å². The summed E-state index contributed by atoms with van der Waals surface area (Å²) >= 11 is 0. The highest BCUT2D eigenvalue weighted by atomic mass is 16.5. The Morgan fingerprint density at radius 1 is 1.39 bits per heavy atom. The molecule has 0 aliphatic heterocycles. The van der Waals surface area contributed by atoms with Crippen molar-refractivity contribution < 1.29 is 4.52 Å². The van der Waals surface area contributed by atoms with Crippen molar-refractivity contribution in [2.45, 2.75) is 32.1 Å². The van der Waals surface area contributed by atoms with Gasteiger partial charge in [0.2, 0.25) is 0 Å². The van der Waals surface area contributed by atoms with Crippen molar-refractivity contribution in [2.24, 2.45) is 5.92 Å². The highest BCUT2D eigenvalue weighted by Gasteiger charge is 2.47. The number of nitrogen functional groups attached to an aromatic ring is 1. The Labute approximate surface area is 107 Å². The normalized spacial score (nSPS) is 26.9. The number of nitrogens with two attached hydrogens (primary N) is 1. The van der Waals surface area contributed by atoms with Crippen LogP contribution in [0.5, 0.6) is 0 Å². The number of rotatable bonds is 2. The van der Waals surface area contributed by atoms with E-state index in [9.17, 15) is 0 Å². The first-order valence-electron chi connectivity index (χ1n) is 6.39. The summed E-state index contributed by atoms with van der Waals surface area (Å²) in [4.78, 5) is 0. The molecule has 3 rings (SSSR count). The van der Waals surface area contributed by atoms with Gasteiger partial charge in [0.25, 0.3) is 0 Å². The fraction of sp³-hybridized carbons (Fsp3) is 0.400. The first kappa shape index (κ1) is 11.3. The third-order valence-corrected chi connectivity index (χ3v) is 4.03. The van der Waals surface area contributed by atoms with Gasteiger partial charge in [-0.25, -0.2) is 0 Å². The zero-order valence-corrected chi connectivity index (χ0v) is 10.8. The number of aryl methyl sites for hydroxylation is 1. The van der Waals surface area contributed by atoms with Crippen LogP contribution < -0.4 is 5.73 Å². The summed E-state index contributed by atoms with van der Waals surface area (Å²) in [6, 6.07) is 8.16. The summed E-state index contributed by atoms with van der Waals surface area (Å²) in [6.07, 6.45) is 3.96. The van der Waals surface area contributed by atoms with Crippen LogP contribution in [0.4, 0.5) is 5.69 Å². The molecule has 1 aromatic heterocycles. The monoisotopic (exact) mass is 242 g/mol. The van der Waals surface area contributed by atoms with Crippen molar-refractivity contribution in [3.05, 3.63) is 47.3 Å². The smallest absolute Gasteiger partial charge is 0.127 e. The van der Waals surface area contributed by atoms with E-state index in [1.807, 2.05) is 12.1 Å². The topological polar surface area (TPSA) is 52.0 Å². The molecule has 94 valence electrons. The van der Waals surface area contributed by atoms with E-state index in [4.69, 9.17) is 10.3 Å². The van der Waals surface area contributed by atoms with E-state index >= 15 is 0 Å². The Morgan fingerprint density at radius 3 is 2.72 bits per heavy atom. The number of nitrogens with zero attached hydrogens (tertiary/aromatic N) is 1. The molecule has 0 saturated heterocycles. The van der Waals surface area contributed by atoms with Gasteiger partial charge in [0.05, 0.1) is 5.69 Å². The van der Waals surface area contributed by atoms with Gasteiger partial charge in [-0.05, 0) is 43.4 Å². The van der Waals surface area contributed by atoms with Crippen LogP contribution in [0.3, 0.4) is 0 Å². The number of hydrogen-bond acceptors (Lipinski definition) is 3. The van der Waals surface area contributed by atoms with Gasteiger partial charge in [0.1, 0.15) is 6.26 Å². The molecule has 1 aliphatic carbocycles. The summed E-state index contributed by atoms with van der Waals surface area (Å²) in [7, 11) is 0. The highest BCUT2D eigenvalue weighted by molar-refractivity contribution is 5.48. The Bertz CT molecular complexity index is 567. The average Bonchev–Trinajstić information content (AvgIpc) is 2.71. The van der Waals surface area contributed by atoms with Gasteiger partial charge in [0, 0.05) is 16.7 Å². The molecule has 0 radical (unpaired) electrons. The van der Waals surface area contributed by atoms with Gasteiger partial charge in [-0.1, -0.05) is 24.2 Å². The maximum absolute atomic E-state index is 5.92. The second-order valence-electron chi connectivity index (χ2n) is 5.57. The number of hydrogen-bond donors (Lipinski definition) is 1. The zero-order valence-electron chi connectivity index (χ0n) is 10.8. The van der Waals surface area contributed by atoms with Crippen LogP contribution in [0.1, 0.15) is 36.6 Å². The lowest BCUT2D eigenvalue weighted by Crippen LogP contribution is -2.42. The third kappa shape index (κ3) is 1.54. The van der Waals surface area contributed by atoms with Gasteiger partial charge < -0.3 is 10.3 Å². The Balaban J connectivity index is 2.11. The summed E-state index contributed by atoms with van der Waals surface area (Å²) in [5.74, 6) is 0.725. The SMILES string of the molecule is Cc1conc1C1(c2cccc(N)c2)CC(C)C1. The molecule has 0 unspecified atom stereocenters. The van der Waals surface area contributed by atoms with Gasteiger partial charge >= 0.3 is 0 Å². The lowest BCUT2D eigenvalue weighted by molar-refractivity contribution is 0.188. The molecule has 3 nitrogen and oxygen atoms in total. The molecule has 1 fully saturated rings. The Hall–Kier alpha value is -1.77. The summed E-state index contributed by atoms with van der Waals surface area (Å²) in [6.45, 7) is 4.34. The fourth-order valence-electron chi connectivity index (χ4n) is 3.28. The van der Waals surface area contributed by atoms with E-state index in [1.165, 1.54) is 5.56 Å². The average molecular weight is 242 g/mol. The molecule has 1 aliphatic rings. The predicted molar refractivity (Wildman–Crippen MR) is 71.3 cm³/mol. The molecule has 2 aromatic rings. The van der Waals surface area contributed by atoms with Gasteiger partial charge in [-0.2, -0.15) is 0 Å². The van der Waals surface area contributed by atoms with Crippen molar-refractivity contribution in [3.63, 3.8) is 0 Å². The number of anilines is 1. The molecule has 3 heteroatoms. The molecule has 0 atom stereocenters.